The quantitative estimate of drug-likeness (QED) is 0.926. The lowest BCUT2D eigenvalue weighted by Gasteiger charge is -2.08. The third-order valence-corrected chi connectivity index (χ3v) is 3.35. The molecule has 2 aromatic rings. The fraction of sp³-hybridized carbons (Fsp3) is 0.214. The van der Waals surface area contributed by atoms with Gasteiger partial charge in [0.15, 0.2) is 0 Å². The van der Waals surface area contributed by atoms with Crippen molar-refractivity contribution in [2.24, 2.45) is 0 Å². The highest BCUT2D eigenvalue weighted by Gasteiger charge is 2.00. The maximum atomic E-state index is 4.27. The normalized spacial score (nSPS) is 10.2. The number of hydrogen-bond donors (Lipinski definition) is 1. The van der Waals surface area contributed by atoms with Crippen molar-refractivity contribution < 1.29 is 0 Å². The molecule has 2 nitrogen and oxygen atoms in total. The van der Waals surface area contributed by atoms with Crippen LogP contribution in [-0.2, 0) is 6.42 Å². The Kier molecular flexibility index (Phi) is 4.15. The molecule has 0 unspecified atom stereocenters. The SMILES string of the molecule is Cc1ccccc1CCNc1ncccc1Br. The minimum atomic E-state index is 0.889. The van der Waals surface area contributed by atoms with Crippen molar-refractivity contribution in [2.75, 3.05) is 11.9 Å². The van der Waals surface area contributed by atoms with Gasteiger partial charge in [0.25, 0.3) is 0 Å². The lowest BCUT2D eigenvalue weighted by molar-refractivity contribution is 0.992. The molecular formula is C14H15BrN2. The van der Waals surface area contributed by atoms with E-state index in [0.717, 1.165) is 23.3 Å². The maximum Gasteiger partial charge on any atom is 0.140 e. The molecule has 0 aliphatic rings. The first kappa shape index (κ1) is 12.1. The van der Waals surface area contributed by atoms with Crippen molar-refractivity contribution in [1.82, 2.24) is 4.98 Å². The van der Waals surface area contributed by atoms with Gasteiger partial charge >= 0.3 is 0 Å². The lowest BCUT2D eigenvalue weighted by atomic mass is 10.1. The number of halogens is 1. The van der Waals surface area contributed by atoms with E-state index in [0.29, 0.717) is 0 Å². The first-order valence-corrected chi connectivity index (χ1v) is 6.45. The number of benzene rings is 1. The molecule has 0 saturated heterocycles. The van der Waals surface area contributed by atoms with Gasteiger partial charge in [-0.3, -0.25) is 0 Å². The molecule has 1 N–H and O–H groups in total. The molecule has 1 aromatic heterocycles. The number of pyridine rings is 1. The predicted molar refractivity (Wildman–Crippen MR) is 75.3 cm³/mol. The second kappa shape index (κ2) is 5.82. The lowest BCUT2D eigenvalue weighted by Crippen LogP contribution is -2.07. The van der Waals surface area contributed by atoms with Gasteiger partial charge in [0.05, 0.1) is 4.47 Å². The fourth-order valence-corrected chi connectivity index (χ4v) is 2.12. The molecule has 0 aliphatic carbocycles. The van der Waals surface area contributed by atoms with Gasteiger partial charge in [0.1, 0.15) is 5.82 Å². The summed E-state index contributed by atoms with van der Waals surface area (Å²) in [6.07, 6.45) is 2.80. The summed E-state index contributed by atoms with van der Waals surface area (Å²) in [6, 6.07) is 12.4. The van der Waals surface area contributed by atoms with E-state index in [4.69, 9.17) is 0 Å². The van der Waals surface area contributed by atoms with E-state index in [1.165, 1.54) is 11.1 Å². The number of aryl methyl sites for hydroxylation is 1. The third kappa shape index (κ3) is 3.30. The van der Waals surface area contributed by atoms with E-state index in [2.05, 4.69) is 57.4 Å². The number of hydrogen-bond acceptors (Lipinski definition) is 2. The summed E-state index contributed by atoms with van der Waals surface area (Å²) >= 11 is 3.47. The second-order valence-corrected chi connectivity index (χ2v) is 4.79. The van der Waals surface area contributed by atoms with Crippen LogP contribution in [0.5, 0.6) is 0 Å². The van der Waals surface area contributed by atoms with Crippen LogP contribution < -0.4 is 5.32 Å². The molecule has 1 aromatic carbocycles. The zero-order chi connectivity index (χ0) is 12.1. The molecule has 0 atom stereocenters. The summed E-state index contributed by atoms with van der Waals surface area (Å²) < 4.78 is 1.00. The van der Waals surface area contributed by atoms with Crippen LogP contribution in [0.3, 0.4) is 0 Å². The molecule has 3 heteroatoms. The van der Waals surface area contributed by atoms with E-state index in [-0.39, 0.29) is 0 Å². The fourth-order valence-electron chi connectivity index (χ4n) is 1.72. The molecule has 17 heavy (non-hydrogen) atoms. The number of rotatable bonds is 4. The molecule has 1 heterocycles. The van der Waals surface area contributed by atoms with E-state index in [9.17, 15) is 0 Å². The summed E-state index contributed by atoms with van der Waals surface area (Å²) in [6.45, 7) is 3.03. The minimum Gasteiger partial charge on any atom is -0.369 e. The maximum absolute atomic E-state index is 4.27. The van der Waals surface area contributed by atoms with Gasteiger partial charge in [0, 0.05) is 12.7 Å². The van der Waals surface area contributed by atoms with Crippen molar-refractivity contribution in [3.8, 4) is 0 Å². The zero-order valence-corrected chi connectivity index (χ0v) is 11.4. The molecule has 0 saturated carbocycles. The van der Waals surface area contributed by atoms with Crippen LogP contribution in [0.1, 0.15) is 11.1 Å². The van der Waals surface area contributed by atoms with Crippen LogP contribution in [0.4, 0.5) is 5.82 Å². The van der Waals surface area contributed by atoms with Gasteiger partial charge in [0.2, 0.25) is 0 Å². The highest BCUT2D eigenvalue weighted by atomic mass is 79.9. The van der Waals surface area contributed by atoms with Gasteiger partial charge in [-0.1, -0.05) is 24.3 Å². The van der Waals surface area contributed by atoms with Crippen molar-refractivity contribution in [2.45, 2.75) is 13.3 Å². The monoisotopic (exact) mass is 290 g/mol. The number of anilines is 1. The van der Waals surface area contributed by atoms with Crippen LogP contribution in [0.25, 0.3) is 0 Å². The molecule has 0 fully saturated rings. The van der Waals surface area contributed by atoms with Gasteiger partial charge in [-0.25, -0.2) is 4.98 Å². The Morgan fingerprint density at radius 3 is 2.76 bits per heavy atom. The molecule has 0 aliphatic heterocycles. The average molecular weight is 291 g/mol. The van der Waals surface area contributed by atoms with Crippen molar-refractivity contribution in [3.63, 3.8) is 0 Å². The smallest absolute Gasteiger partial charge is 0.140 e. The van der Waals surface area contributed by atoms with Crippen LogP contribution in [0, 0.1) is 6.92 Å². The van der Waals surface area contributed by atoms with Crippen molar-refractivity contribution >= 4 is 21.7 Å². The Labute approximate surface area is 110 Å². The molecule has 0 spiro atoms. The van der Waals surface area contributed by atoms with E-state index >= 15 is 0 Å². The second-order valence-electron chi connectivity index (χ2n) is 3.94. The predicted octanol–water partition coefficient (Wildman–Crippen LogP) is 3.81. The van der Waals surface area contributed by atoms with Crippen LogP contribution in [-0.4, -0.2) is 11.5 Å². The van der Waals surface area contributed by atoms with Gasteiger partial charge in [-0.2, -0.15) is 0 Å². The van der Waals surface area contributed by atoms with Crippen molar-refractivity contribution in [1.29, 1.82) is 0 Å². The molecular weight excluding hydrogens is 276 g/mol. The van der Waals surface area contributed by atoms with Crippen LogP contribution >= 0.6 is 15.9 Å². The Morgan fingerprint density at radius 1 is 1.18 bits per heavy atom. The van der Waals surface area contributed by atoms with Gasteiger partial charge in [-0.15, -0.1) is 0 Å². The first-order chi connectivity index (χ1) is 8.27. The van der Waals surface area contributed by atoms with Crippen LogP contribution in [0.2, 0.25) is 0 Å². The number of nitrogens with one attached hydrogen (secondary N) is 1. The Hall–Kier alpha value is -1.35. The minimum absolute atomic E-state index is 0.889. The standard InChI is InChI=1S/C14H15BrN2/c1-11-5-2-3-6-12(11)8-10-17-14-13(15)7-4-9-16-14/h2-7,9H,8,10H2,1H3,(H,16,17). The first-order valence-electron chi connectivity index (χ1n) is 5.66. The van der Waals surface area contributed by atoms with Gasteiger partial charge in [-0.05, 0) is 52.5 Å². The largest absolute Gasteiger partial charge is 0.369 e. The zero-order valence-electron chi connectivity index (χ0n) is 9.78. The summed E-state index contributed by atoms with van der Waals surface area (Å²) in [7, 11) is 0. The summed E-state index contributed by atoms with van der Waals surface area (Å²) in [5.41, 5.74) is 2.72. The number of aromatic nitrogens is 1. The highest BCUT2D eigenvalue weighted by Crippen LogP contribution is 2.18. The molecule has 2 rings (SSSR count). The summed E-state index contributed by atoms with van der Waals surface area (Å²) in [5, 5.41) is 3.33. The van der Waals surface area contributed by atoms with E-state index in [1.807, 2.05) is 12.1 Å². The molecule has 0 amide bonds. The van der Waals surface area contributed by atoms with Crippen molar-refractivity contribution in [3.05, 3.63) is 58.2 Å². The molecule has 0 bridgehead atoms. The molecule has 88 valence electrons. The Balaban J connectivity index is 1.93. The van der Waals surface area contributed by atoms with Gasteiger partial charge < -0.3 is 5.32 Å². The Morgan fingerprint density at radius 2 is 2.00 bits per heavy atom. The number of nitrogens with zero attached hydrogens (tertiary/aromatic N) is 1. The summed E-state index contributed by atoms with van der Waals surface area (Å²) in [5.74, 6) is 0.904. The average Bonchev–Trinajstić information content (AvgIpc) is 2.34. The topological polar surface area (TPSA) is 24.9 Å². The molecule has 0 radical (unpaired) electrons. The van der Waals surface area contributed by atoms with Crippen LogP contribution in [0.15, 0.2) is 47.1 Å². The van der Waals surface area contributed by atoms with E-state index < -0.39 is 0 Å². The van der Waals surface area contributed by atoms with E-state index in [1.54, 1.807) is 6.20 Å². The summed E-state index contributed by atoms with van der Waals surface area (Å²) in [4.78, 5) is 4.27. The third-order valence-electron chi connectivity index (χ3n) is 2.71. The highest BCUT2D eigenvalue weighted by molar-refractivity contribution is 9.10. The Bertz CT molecular complexity index is 452.